The Morgan fingerprint density at radius 3 is 0.506 bits per heavy atom. The number of hydrogen-bond acceptors (Lipinski definition) is 0. The standard InChI is InChI=1S/2C10H22.3C9H20.4C8H18/c1-8(9(2,3)4)10(5,6)7;1-8(2)10(6,7)9(3,4)5;1-7-9(5,6)8(2,3)4;1-7(2)8(3)9(4,5)6;1-7(2)9(5,6)8(3)4;2*1-7(2,3)8(4,5)6;1-6-7(2)8(3,4)5;1-6-8(4,5)7(2)3/h2*8H,1-7H3;7H2,1-6H3;2*7-8H,1-6H3;2*1-6H3;2*7H,6H2,1-5H3/t;;;8-;;;;7-;/m...1...1./s1. The van der Waals surface area contributed by atoms with Gasteiger partial charge in [-0.3, -0.25) is 0 Å². The molecule has 0 aromatic heterocycles. The fraction of sp³-hybridized carbons (Fsp3) is 1.00. The minimum atomic E-state index is 0.418. The lowest BCUT2D eigenvalue weighted by atomic mass is 9.63. The van der Waals surface area contributed by atoms with Crippen molar-refractivity contribution < 1.29 is 0 Å². The van der Waals surface area contributed by atoms with E-state index in [1.54, 1.807) is 0 Å². The lowest BCUT2D eigenvalue weighted by Gasteiger charge is -2.42. The van der Waals surface area contributed by atoms with E-state index < -0.39 is 0 Å². The summed E-state index contributed by atoms with van der Waals surface area (Å²) in [5, 5.41) is 0. The van der Waals surface area contributed by atoms with E-state index in [4.69, 9.17) is 0 Å². The molecule has 0 N–H and O–H groups in total. The van der Waals surface area contributed by atoms with E-state index >= 15 is 0 Å². The molecule has 0 aliphatic heterocycles. The molecule has 492 valence electrons. The van der Waals surface area contributed by atoms with E-state index in [2.05, 4.69) is 374 Å². The van der Waals surface area contributed by atoms with Crippen molar-refractivity contribution in [3.8, 4) is 0 Å². The lowest BCUT2D eigenvalue weighted by molar-refractivity contribution is 0.0737. The van der Waals surface area contributed by atoms with E-state index in [0.717, 1.165) is 47.3 Å². The van der Waals surface area contributed by atoms with Crippen molar-refractivity contribution in [1.82, 2.24) is 0 Å². The van der Waals surface area contributed by atoms with Crippen LogP contribution >= 0.6 is 0 Å². The van der Waals surface area contributed by atoms with Gasteiger partial charge in [0, 0.05) is 0 Å². The van der Waals surface area contributed by atoms with Crippen molar-refractivity contribution >= 4 is 0 Å². The maximum Gasteiger partial charge on any atom is -0.0283 e. The molecule has 0 aliphatic carbocycles. The zero-order chi connectivity index (χ0) is 67.7. The highest BCUT2D eigenvalue weighted by Gasteiger charge is 2.36. The first-order valence-electron chi connectivity index (χ1n) is 33.4. The Balaban J connectivity index is -0.0000000998. The van der Waals surface area contributed by atoms with Crippen LogP contribution in [-0.2, 0) is 0 Å². The second kappa shape index (κ2) is 37.5. The molecular formula is C79H176. The van der Waals surface area contributed by atoms with Crippen LogP contribution < -0.4 is 0 Å². The molecule has 0 rings (SSSR count). The van der Waals surface area contributed by atoms with Crippen molar-refractivity contribution in [2.45, 2.75) is 393 Å². The average molecular weight is 1130 g/mol. The summed E-state index contributed by atoms with van der Waals surface area (Å²) in [6, 6.07) is 0. The van der Waals surface area contributed by atoms with Crippen LogP contribution in [0.15, 0.2) is 0 Å². The normalized spacial score (nSPS) is 14.4. The molecule has 0 spiro atoms. The Kier molecular flexibility index (Phi) is 46.6. The van der Waals surface area contributed by atoms with Gasteiger partial charge in [-0.25, -0.2) is 0 Å². The van der Waals surface area contributed by atoms with Crippen molar-refractivity contribution in [3.63, 3.8) is 0 Å². The molecule has 0 aromatic carbocycles. The van der Waals surface area contributed by atoms with Crippen LogP contribution in [0.2, 0.25) is 0 Å². The van der Waals surface area contributed by atoms with Gasteiger partial charge in [0.25, 0.3) is 0 Å². The molecule has 0 heterocycles. The highest BCUT2D eigenvalue weighted by Crippen LogP contribution is 2.44. The highest BCUT2D eigenvalue weighted by atomic mass is 14.4. The van der Waals surface area contributed by atoms with E-state index in [1.165, 1.54) is 19.3 Å². The minimum absolute atomic E-state index is 0.418. The van der Waals surface area contributed by atoms with Crippen LogP contribution in [0.1, 0.15) is 393 Å². The zero-order valence-electron chi connectivity index (χ0n) is 67.7. The third kappa shape index (κ3) is 48.9. The Morgan fingerprint density at radius 1 is 0.253 bits per heavy atom. The van der Waals surface area contributed by atoms with Gasteiger partial charge in [0.1, 0.15) is 0 Å². The van der Waals surface area contributed by atoms with Gasteiger partial charge in [0.05, 0.1) is 0 Å². The summed E-state index contributed by atoms with van der Waals surface area (Å²) in [6.07, 6.45) is 3.84. The molecule has 0 aliphatic rings. The highest BCUT2D eigenvalue weighted by molar-refractivity contribution is 4.85. The van der Waals surface area contributed by atoms with Gasteiger partial charge in [-0.05, 0) is 123 Å². The number of rotatable bonds is 8. The molecule has 0 bridgehead atoms. The third-order valence-corrected chi connectivity index (χ3v) is 23.3. The maximum atomic E-state index is 2.34. The second-order valence-corrected chi connectivity index (χ2v) is 39.8. The van der Waals surface area contributed by atoms with Gasteiger partial charge in [0.15, 0.2) is 0 Å². The zero-order valence-corrected chi connectivity index (χ0v) is 67.7. The summed E-state index contributed by atoms with van der Waals surface area (Å²) in [7, 11) is 0. The first-order valence-corrected chi connectivity index (χ1v) is 33.4. The molecule has 0 saturated heterocycles. The molecule has 0 unspecified atom stereocenters. The maximum absolute atomic E-state index is 2.34. The quantitative estimate of drug-likeness (QED) is 0.227. The predicted molar refractivity (Wildman–Crippen MR) is 382 cm³/mol. The Bertz CT molecular complexity index is 1310. The van der Waals surface area contributed by atoms with E-state index in [0.29, 0.717) is 75.8 Å². The van der Waals surface area contributed by atoms with Crippen LogP contribution in [0.4, 0.5) is 0 Å². The van der Waals surface area contributed by atoms with Crippen molar-refractivity contribution in [1.29, 1.82) is 0 Å². The predicted octanol–water partition coefficient (Wildman–Crippen LogP) is 29.9. The molecule has 0 nitrogen and oxygen atoms in total. The summed E-state index contributed by atoms with van der Waals surface area (Å²) in [4.78, 5) is 0. The summed E-state index contributed by atoms with van der Waals surface area (Å²) in [5.74, 6) is 6.39. The Hall–Kier alpha value is 0. The molecule has 0 fully saturated rings. The van der Waals surface area contributed by atoms with Gasteiger partial charge in [-0.15, -0.1) is 0 Å². The van der Waals surface area contributed by atoms with Crippen molar-refractivity contribution in [3.05, 3.63) is 0 Å². The average Bonchev–Trinajstić information content (AvgIpc) is 3.17. The Labute approximate surface area is 513 Å². The van der Waals surface area contributed by atoms with Crippen LogP contribution in [0.5, 0.6) is 0 Å². The fourth-order valence-electron chi connectivity index (χ4n) is 5.38. The van der Waals surface area contributed by atoms with E-state index in [1.807, 2.05) is 0 Å². The van der Waals surface area contributed by atoms with Gasteiger partial charge in [0.2, 0.25) is 0 Å². The Morgan fingerprint density at radius 2 is 0.506 bits per heavy atom. The SMILES string of the molecule is CC(C(C)(C)C)C(C)(C)C.CC(C)(C)C(C)(C)C.CC(C)(C)C(C)(C)C.CC(C)C(C)(C)C(C)(C)C.CC(C)C(C)(C)C(C)C.CC(C)[C@@H](C)C(C)(C)C.CCC(C)(C)C(C)(C)C.CCC(C)(C)C(C)C.CC[C@@H](C)C(C)(C)C. The first-order chi connectivity index (χ1) is 33.4. The summed E-state index contributed by atoms with van der Waals surface area (Å²) < 4.78 is 0. The van der Waals surface area contributed by atoms with Crippen LogP contribution in [0.25, 0.3) is 0 Å². The van der Waals surface area contributed by atoms with Crippen LogP contribution in [0, 0.1) is 123 Å². The van der Waals surface area contributed by atoms with Crippen LogP contribution in [-0.4, -0.2) is 0 Å². The van der Waals surface area contributed by atoms with Crippen molar-refractivity contribution in [2.24, 2.45) is 123 Å². The van der Waals surface area contributed by atoms with Crippen molar-refractivity contribution in [2.75, 3.05) is 0 Å². The third-order valence-electron chi connectivity index (χ3n) is 23.3. The molecule has 2 atom stereocenters. The van der Waals surface area contributed by atoms with Gasteiger partial charge in [-0.1, -0.05) is 393 Å². The topological polar surface area (TPSA) is 0 Å². The molecule has 0 heteroatoms. The smallest absolute Gasteiger partial charge is 0.0283 e. The minimum Gasteiger partial charge on any atom is -0.0651 e. The molecule has 0 saturated carbocycles. The fourth-order valence-corrected chi connectivity index (χ4v) is 5.38. The monoisotopic (exact) mass is 1130 g/mol. The van der Waals surface area contributed by atoms with E-state index in [9.17, 15) is 0 Å². The van der Waals surface area contributed by atoms with Gasteiger partial charge >= 0.3 is 0 Å². The molecular weight excluding hydrogens is 949 g/mol. The second-order valence-electron chi connectivity index (χ2n) is 39.8. The van der Waals surface area contributed by atoms with Crippen LogP contribution in [0.3, 0.4) is 0 Å². The van der Waals surface area contributed by atoms with E-state index in [-0.39, 0.29) is 0 Å². The molecule has 0 aromatic rings. The van der Waals surface area contributed by atoms with Gasteiger partial charge < -0.3 is 0 Å². The molecule has 79 heavy (non-hydrogen) atoms. The summed E-state index contributed by atoms with van der Waals surface area (Å²) in [5.41, 5.74) is 6.45. The van der Waals surface area contributed by atoms with Gasteiger partial charge in [-0.2, -0.15) is 0 Å². The molecule has 0 amide bonds. The number of hydrogen-bond donors (Lipinski definition) is 0. The first kappa shape index (κ1) is 98.1. The summed E-state index contributed by atoms with van der Waals surface area (Å²) in [6.45, 7) is 124. The molecule has 0 radical (unpaired) electrons. The largest absolute Gasteiger partial charge is 0.0651 e. The summed E-state index contributed by atoms with van der Waals surface area (Å²) >= 11 is 0. The lowest BCUT2D eigenvalue weighted by Crippen LogP contribution is -2.34.